The number of thioether (sulfide) groups is 2. The number of amides is 7. The Kier molecular flexibility index (Phi) is 23.3. The topological polar surface area (TPSA) is 291 Å². The maximum absolute atomic E-state index is 13.7. The normalized spacial score (nSPS) is 18.9. The molecule has 3 aliphatic heterocycles. The number of hydrogen-bond acceptors (Lipinski definition) is 17. The summed E-state index contributed by atoms with van der Waals surface area (Å²) in [5.41, 5.74) is 8.74. The molecule has 2 saturated heterocycles. The van der Waals surface area contributed by atoms with Crippen molar-refractivity contribution in [3.05, 3.63) is 99.0 Å². The summed E-state index contributed by atoms with van der Waals surface area (Å²) < 4.78 is 22.7. The molecule has 1 aromatic heterocycles. The molecule has 21 nitrogen and oxygen atoms in total. The lowest BCUT2D eigenvalue weighted by molar-refractivity contribution is -0.141. The summed E-state index contributed by atoms with van der Waals surface area (Å²) in [6, 6.07) is 13.6. The van der Waals surface area contributed by atoms with Gasteiger partial charge in [-0.1, -0.05) is 49.4 Å². The van der Waals surface area contributed by atoms with Gasteiger partial charge in [-0.15, -0.1) is 0 Å². The van der Waals surface area contributed by atoms with Crippen LogP contribution in [0.3, 0.4) is 0 Å². The molecule has 1 unspecified atom stereocenters. The van der Waals surface area contributed by atoms with Crippen LogP contribution in [0.15, 0.2) is 75.8 Å². The summed E-state index contributed by atoms with van der Waals surface area (Å²) in [5.74, 6) is -1.57. The number of aromatic amines is 1. The number of aryl methyl sites for hydroxylation is 1. The molecule has 7 amide bonds. The van der Waals surface area contributed by atoms with Gasteiger partial charge in [0.25, 0.3) is 17.1 Å². The Morgan fingerprint density at radius 2 is 1.57 bits per heavy atom. The lowest BCUT2D eigenvalue weighted by Gasteiger charge is -2.20. The van der Waals surface area contributed by atoms with Gasteiger partial charge in [-0.3, -0.25) is 38.4 Å². The highest BCUT2D eigenvalue weighted by Gasteiger charge is 2.44. The van der Waals surface area contributed by atoms with Gasteiger partial charge >= 0.3 is 0 Å². The molecular formula is C52H69N9O12S2. The Labute approximate surface area is 444 Å². The molecule has 4 heterocycles. The van der Waals surface area contributed by atoms with Crippen molar-refractivity contribution in [3.63, 3.8) is 0 Å². The summed E-state index contributed by atoms with van der Waals surface area (Å²) in [4.78, 5) is 106. The fraction of sp³-hybridized carbons (Fsp3) is 0.538. The van der Waals surface area contributed by atoms with E-state index in [0.29, 0.717) is 106 Å². The van der Waals surface area contributed by atoms with E-state index in [1.54, 1.807) is 72.6 Å². The Hall–Kier alpha value is -5.98. The van der Waals surface area contributed by atoms with E-state index in [0.717, 1.165) is 53.6 Å². The summed E-state index contributed by atoms with van der Waals surface area (Å²) in [6.45, 7) is 6.85. The zero-order valence-electron chi connectivity index (χ0n) is 42.5. The van der Waals surface area contributed by atoms with E-state index < -0.39 is 52.2 Å². The van der Waals surface area contributed by atoms with E-state index in [-0.39, 0.29) is 48.6 Å². The maximum Gasteiger partial charge on any atom is 0.295 e. The Morgan fingerprint density at radius 3 is 2.23 bits per heavy atom. The molecule has 3 aromatic rings. The third kappa shape index (κ3) is 18.4. The molecule has 75 heavy (non-hydrogen) atoms. The van der Waals surface area contributed by atoms with Crippen molar-refractivity contribution in [2.75, 3.05) is 65.1 Å². The molecule has 0 saturated carbocycles. The second kappa shape index (κ2) is 29.9. The first kappa shape index (κ1) is 58.3. The molecule has 406 valence electrons. The van der Waals surface area contributed by atoms with Gasteiger partial charge in [0.1, 0.15) is 11.8 Å². The van der Waals surface area contributed by atoms with Gasteiger partial charge in [-0.2, -0.15) is 22.0 Å². The summed E-state index contributed by atoms with van der Waals surface area (Å²) in [6.07, 6.45) is 7.17. The van der Waals surface area contributed by atoms with E-state index in [4.69, 9.17) is 24.7 Å². The number of carbonyl (C=O) groups is 7. The van der Waals surface area contributed by atoms with Gasteiger partial charge in [-0.05, 0) is 75.3 Å². The number of carbonyl (C=O) groups excluding carboxylic acids is 7. The van der Waals surface area contributed by atoms with Gasteiger partial charge < -0.3 is 50.9 Å². The van der Waals surface area contributed by atoms with E-state index in [2.05, 4.69) is 36.5 Å². The van der Waals surface area contributed by atoms with Crippen LogP contribution in [0.5, 0.6) is 5.75 Å². The molecule has 7 N–H and O–H groups in total. The van der Waals surface area contributed by atoms with Crippen molar-refractivity contribution < 1.29 is 52.5 Å². The highest BCUT2D eigenvalue weighted by Crippen LogP contribution is 2.38. The number of nitrogens with one attached hydrogen (secondary N) is 5. The van der Waals surface area contributed by atoms with Crippen molar-refractivity contribution >= 4 is 64.7 Å². The molecule has 0 aliphatic carbocycles. The molecule has 0 bridgehead atoms. The number of benzene rings is 2. The molecule has 23 heteroatoms. The van der Waals surface area contributed by atoms with Crippen molar-refractivity contribution in [2.45, 2.75) is 112 Å². The largest absolute Gasteiger partial charge is 0.493 e. The number of ether oxygens (including phenoxy) is 4. The summed E-state index contributed by atoms with van der Waals surface area (Å²) in [7, 11) is 0. The maximum atomic E-state index is 13.7. The van der Waals surface area contributed by atoms with Gasteiger partial charge in [0.15, 0.2) is 5.43 Å². The number of nitrogens with two attached hydrogens (primary N) is 1. The monoisotopic (exact) mass is 1080 g/mol. The Balaban J connectivity index is 0.854. The number of nitrogens with zero attached hydrogens (tertiary/aromatic N) is 3. The lowest BCUT2D eigenvalue weighted by Crippen LogP contribution is -2.50. The highest BCUT2D eigenvalue weighted by molar-refractivity contribution is 8.15. The van der Waals surface area contributed by atoms with Crippen LogP contribution < -0.4 is 37.2 Å². The number of pyridine rings is 1. The minimum atomic E-state index is -1.43. The number of unbranched alkanes of at least 4 members (excludes halogenated alkanes) is 1. The zero-order valence-corrected chi connectivity index (χ0v) is 44.1. The SMILES string of the molecule is CCc1c[nH]c(CCOc2ccc(CC3SC(=O)N(C(=O)C[C@@H](NC(=O)c4ccc(C5(C)N=N5)cc4)C(=O)NCCCOCCOCCOCCCNC(=O)CCCC[C@@H]4SC[C@H](NC=O)[C@@H]4N)C3=O)cc2)cc1=O. The van der Waals surface area contributed by atoms with E-state index in [1.807, 2.05) is 13.8 Å². The average molecular weight is 1080 g/mol. The third-order valence-electron chi connectivity index (χ3n) is 12.8. The third-order valence-corrected chi connectivity index (χ3v) is 15.4. The van der Waals surface area contributed by atoms with Crippen molar-refractivity contribution in [1.82, 2.24) is 31.2 Å². The van der Waals surface area contributed by atoms with E-state index in [9.17, 15) is 38.4 Å². The predicted octanol–water partition coefficient (Wildman–Crippen LogP) is 3.70. The van der Waals surface area contributed by atoms with Crippen LogP contribution in [0.2, 0.25) is 0 Å². The summed E-state index contributed by atoms with van der Waals surface area (Å²) in [5, 5.41) is 17.7. The van der Waals surface area contributed by atoms with Crippen LogP contribution >= 0.6 is 23.5 Å². The minimum absolute atomic E-state index is 0.00765. The van der Waals surface area contributed by atoms with Crippen LogP contribution in [0.25, 0.3) is 0 Å². The first-order valence-electron chi connectivity index (χ1n) is 25.5. The molecule has 6 rings (SSSR count). The van der Waals surface area contributed by atoms with E-state index >= 15 is 0 Å². The number of rotatable bonds is 34. The molecular weight excluding hydrogens is 1010 g/mol. The Morgan fingerprint density at radius 1 is 0.893 bits per heavy atom. The molecule has 2 fully saturated rings. The quantitative estimate of drug-likeness (QED) is 0.0367. The second-order valence-electron chi connectivity index (χ2n) is 18.4. The summed E-state index contributed by atoms with van der Waals surface area (Å²) >= 11 is 2.49. The molecule has 3 aliphatic rings. The first-order chi connectivity index (χ1) is 36.3. The molecule has 0 spiro atoms. The van der Waals surface area contributed by atoms with E-state index in [1.165, 1.54) is 0 Å². The highest BCUT2D eigenvalue weighted by atomic mass is 32.2. The van der Waals surface area contributed by atoms with Gasteiger partial charge in [-0.25, -0.2) is 4.90 Å². The van der Waals surface area contributed by atoms with Crippen LogP contribution in [0, 0.1) is 0 Å². The standard InChI is InChI=1S/C52H69N9O12S2/c1-3-35-31-56-38(29-42(35)63)18-23-73-39-16-10-34(11-17-39)28-44-50(68)61(51(69)75-44)46(65)30-40(58-48(66)36-12-14-37(15-13-36)52(2)59-60-52)49(67)55-20-7-22-71-25-27-72-26-24-70-21-6-19-54-45(64)9-5-4-8-43-47(53)41(32-74-43)57-33-62/h10-17,29,31,33,40-41,43-44,47H,3-9,18-28,30,32,53H2,1-2H3,(H,54,64)(H,55,67)(H,56,63)(H,57,62)(H,58,66)/t40-,41+,43+,44?,47+/m1/s1. The zero-order chi connectivity index (χ0) is 53.6. The lowest BCUT2D eigenvalue weighted by atomic mass is 10.0. The number of aromatic nitrogens is 1. The smallest absolute Gasteiger partial charge is 0.295 e. The average Bonchev–Trinajstić information content (AvgIpc) is 3.97. The number of imide groups is 3. The van der Waals surface area contributed by atoms with Crippen LogP contribution in [-0.2, 0) is 63.1 Å². The molecule has 0 radical (unpaired) electrons. The molecule has 2 aromatic carbocycles. The van der Waals surface area contributed by atoms with Crippen molar-refractivity contribution in [1.29, 1.82) is 0 Å². The van der Waals surface area contributed by atoms with Crippen LogP contribution in [-0.4, -0.2) is 145 Å². The van der Waals surface area contributed by atoms with Crippen molar-refractivity contribution in [3.8, 4) is 5.75 Å². The van der Waals surface area contributed by atoms with Crippen molar-refractivity contribution in [2.24, 2.45) is 16.0 Å². The predicted molar refractivity (Wildman–Crippen MR) is 282 cm³/mol. The number of hydrogen-bond donors (Lipinski definition) is 6. The van der Waals surface area contributed by atoms with Gasteiger partial charge in [0.2, 0.25) is 29.8 Å². The minimum Gasteiger partial charge on any atom is -0.493 e. The van der Waals surface area contributed by atoms with Gasteiger partial charge in [0, 0.05) is 90.8 Å². The Bertz CT molecular complexity index is 2490. The van der Waals surface area contributed by atoms with Crippen LogP contribution in [0.1, 0.15) is 91.5 Å². The first-order valence-corrected chi connectivity index (χ1v) is 27.4. The van der Waals surface area contributed by atoms with Crippen LogP contribution in [0.4, 0.5) is 4.79 Å². The fourth-order valence-electron chi connectivity index (χ4n) is 8.24. The number of H-pyrrole nitrogens is 1. The second-order valence-corrected chi connectivity index (χ2v) is 20.8. The molecule has 5 atom stereocenters. The fourth-order valence-corrected chi connectivity index (χ4v) is 10.8. The van der Waals surface area contributed by atoms with Gasteiger partial charge in [0.05, 0.1) is 50.7 Å².